The molecule has 0 unspecified atom stereocenters. The summed E-state index contributed by atoms with van der Waals surface area (Å²) in [6, 6.07) is 9.98. The molecule has 0 amide bonds. The Labute approximate surface area is 123 Å². The van der Waals surface area contributed by atoms with Gasteiger partial charge in [-0.2, -0.15) is 0 Å². The molecule has 0 saturated carbocycles. The molecule has 2 aromatic carbocycles. The van der Waals surface area contributed by atoms with Crippen LogP contribution in [0.25, 0.3) is 0 Å². The van der Waals surface area contributed by atoms with E-state index in [-0.39, 0.29) is 5.78 Å². The highest BCUT2D eigenvalue weighted by Crippen LogP contribution is 2.28. The maximum atomic E-state index is 12.6. The SMILES string of the molecule is COc1ccc(OC)c(C(=O)c2ccc(OC)c(N)c2)c1. The summed E-state index contributed by atoms with van der Waals surface area (Å²) in [5.74, 6) is 1.40. The average Bonchev–Trinajstić information content (AvgIpc) is 2.53. The molecule has 0 aliphatic heterocycles. The Morgan fingerprint density at radius 2 is 1.57 bits per heavy atom. The summed E-state index contributed by atoms with van der Waals surface area (Å²) in [6.45, 7) is 0. The number of nitrogen functional groups attached to an aromatic ring is 1. The van der Waals surface area contributed by atoms with Crippen molar-refractivity contribution >= 4 is 11.5 Å². The third-order valence-corrected chi connectivity index (χ3v) is 3.14. The molecule has 21 heavy (non-hydrogen) atoms. The van der Waals surface area contributed by atoms with E-state index in [0.717, 1.165) is 0 Å². The molecule has 5 nitrogen and oxygen atoms in total. The van der Waals surface area contributed by atoms with E-state index in [1.807, 2.05) is 0 Å². The van der Waals surface area contributed by atoms with Crippen LogP contribution in [0, 0.1) is 0 Å². The van der Waals surface area contributed by atoms with Crippen molar-refractivity contribution in [3.05, 3.63) is 47.5 Å². The van der Waals surface area contributed by atoms with Gasteiger partial charge in [-0.3, -0.25) is 4.79 Å². The van der Waals surface area contributed by atoms with Gasteiger partial charge in [0.1, 0.15) is 17.2 Å². The van der Waals surface area contributed by atoms with Crippen LogP contribution in [0.4, 0.5) is 5.69 Å². The van der Waals surface area contributed by atoms with Gasteiger partial charge >= 0.3 is 0 Å². The molecule has 110 valence electrons. The number of ether oxygens (including phenoxy) is 3. The largest absolute Gasteiger partial charge is 0.497 e. The zero-order valence-corrected chi connectivity index (χ0v) is 12.2. The first-order valence-electron chi connectivity index (χ1n) is 6.31. The molecule has 2 aromatic rings. The predicted octanol–water partition coefficient (Wildman–Crippen LogP) is 2.53. The normalized spacial score (nSPS) is 10.0. The van der Waals surface area contributed by atoms with E-state index in [2.05, 4.69) is 0 Å². The monoisotopic (exact) mass is 287 g/mol. The van der Waals surface area contributed by atoms with Crippen molar-refractivity contribution in [3.8, 4) is 17.2 Å². The summed E-state index contributed by atoms with van der Waals surface area (Å²) in [5, 5.41) is 0. The lowest BCUT2D eigenvalue weighted by atomic mass is 10.0. The van der Waals surface area contributed by atoms with Gasteiger partial charge in [0.25, 0.3) is 0 Å². The van der Waals surface area contributed by atoms with Gasteiger partial charge in [0.05, 0.1) is 32.6 Å². The first-order chi connectivity index (χ1) is 10.1. The van der Waals surface area contributed by atoms with Gasteiger partial charge in [-0.1, -0.05) is 0 Å². The Morgan fingerprint density at radius 1 is 0.905 bits per heavy atom. The van der Waals surface area contributed by atoms with Crippen LogP contribution in [-0.4, -0.2) is 27.1 Å². The lowest BCUT2D eigenvalue weighted by Gasteiger charge is -2.11. The topological polar surface area (TPSA) is 70.8 Å². The van der Waals surface area contributed by atoms with E-state index < -0.39 is 0 Å². The van der Waals surface area contributed by atoms with Crippen LogP contribution in [0.1, 0.15) is 15.9 Å². The van der Waals surface area contributed by atoms with Gasteiger partial charge < -0.3 is 19.9 Å². The highest BCUT2D eigenvalue weighted by molar-refractivity contribution is 6.11. The van der Waals surface area contributed by atoms with Crippen LogP contribution in [0.15, 0.2) is 36.4 Å². The molecule has 2 rings (SSSR count). The van der Waals surface area contributed by atoms with E-state index >= 15 is 0 Å². The summed E-state index contributed by atoms with van der Waals surface area (Å²) in [6.07, 6.45) is 0. The summed E-state index contributed by atoms with van der Waals surface area (Å²) in [7, 11) is 4.58. The quantitative estimate of drug-likeness (QED) is 0.676. The van der Waals surface area contributed by atoms with E-state index in [9.17, 15) is 4.79 Å². The number of hydrogen-bond acceptors (Lipinski definition) is 5. The fourth-order valence-corrected chi connectivity index (χ4v) is 2.02. The van der Waals surface area contributed by atoms with E-state index in [1.165, 1.54) is 14.2 Å². The lowest BCUT2D eigenvalue weighted by molar-refractivity contribution is 0.103. The molecule has 0 aliphatic carbocycles. The van der Waals surface area contributed by atoms with E-state index in [1.54, 1.807) is 43.5 Å². The maximum Gasteiger partial charge on any atom is 0.196 e. The van der Waals surface area contributed by atoms with Crippen LogP contribution in [0.3, 0.4) is 0 Å². The molecular weight excluding hydrogens is 270 g/mol. The minimum atomic E-state index is -0.194. The summed E-state index contributed by atoms with van der Waals surface area (Å²) in [4.78, 5) is 12.6. The van der Waals surface area contributed by atoms with Crippen molar-refractivity contribution in [2.24, 2.45) is 0 Å². The van der Waals surface area contributed by atoms with Gasteiger partial charge in [-0.05, 0) is 36.4 Å². The van der Waals surface area contributed by atoms with Crippen LogP contribution in [-0.2, 0) is 0 Å². The minimum absolute atomic E-state index is 0.194. The van der Waals surface area contributed by atoms with Crippen LogP contribution < -0.4 is 19.9 Å². The third-order valence-electron chi connectivity index (χ3n) is 3.14. The smallest absolute Gasteiger partial charge is 0.196 e. The number of carbonyl (C=O) groups is 1. The van der Waals surface area contributed by atoms with E-state index in [4.69, 9.17) is 19.9 Å². The van der Waals surface area contributed by atoms with Crippen molar-refractivity contribution in [2.45, 2.75) is 0 Å². The number of methoxy groups -OCH3 is 3. The summed E-state index contributed by atoms with van der Waals surface area (Å²) in [5.41, 5.74) is 7.13. The molecule has 0 spiro atoms. The second-order valence-corrected chi connectivity index (χ2v) is 4.35. The summed E-state index contributed by atoms with van der Waals surface area (Å²) < 4.78 is 15.5. The Bertz CT molecular complexity index is 667. The summed E-state index contributed by atoms with van der Waals surface area (Å²) >= 11 is 0. The minimum Gasteiger partial charge on any atom is -0.497 e. The van der Waals surface area contributed by atoms with Gasteiger partial charge in [0.2, 0.25) is 0 Å². The van der Waals surface area contributed by atoms with E-state index in [0.29, 0.717) is 34.1 Å². The first-order valence-corrected chi connectivity index (χ1v) is 6.31. The Morgan fingerprint density at radius 3 is 2.14 bits per heavy atom. The molecule has 0 aliphatic rings. The lowest BCUT2D eigenvalue weighted by Crippen LogP contribution is -2.05. The number of benzene rings is 2. The fraction of sp³-hybridized carbons (Fsp3) is 0.188. The molecule has 0 bridgehead atoms. The van der Waals surface area contributed by atoms with Crippen molar-refractivity contribution < 1.29 is 19.0 Å². The number of rotatable bonds is 5. The molecule has 0 heterocycles. The highest BCUT2D eigenvalue weighted by atomic mass is 16.5. The second-order valence-electron chi connectivity index (χ2n) is 4.35. The van der Waals surface area contributed by atoms with Crippen LogP contribution in [0.2, 0.25) is 0 Å². The molecule has 0 atom stereocenters. The van der Waals surface area contributed by atoms with Crippen molar-refractivity contribution in [3.63, 3.8) is 0 Å². The number of carbonyl (C=O) groups excluding carboxylic acids is 1. The average molecular weight is 287 g/mol. The van der Waals surface area contributed by atoms with Gasteiger partial charge in [-0.15, -0.1) is 0 Å². The standard InChI is InChI=1S/C16H17NO4/c1-19-11-5-7-14(20-2)12(9-11)16(18)10-4-6-15(21-3)13(17)8-10/h4-9H,17H2,1-3H3. The Hall–Kier alpha value is -2.69. The fourth-order valence-electron chi connectivity index (χ4n) is 2.02. The number of anilines is 1. The molecule has 2 N–H and O–H groups in total. The van der Waals surface area contributed by atoms with Crippen LogP contribution in [0.5, 0.6) is 17.2 Å². The second kappa shape index (κ2) is 6.17. The first kappa shape index (κ1) is 14.7. The zero-order chi connectivity index (χ0) is 15.4. The maximum absolute atomic E-state index is 12.6. The number of ketones is 1. The predicted molar refractivity (Wildman–Crippen MR) is 80.4 cm³/mol. The van der Waals surface area contributed by atoms with Crippen molar-refractivity contribution in [2.75, 3.05) is 27.1 Å². The molecule has 0 fully saturated rings. The number of hydrogen-bond donors (Lipinski definition) is 1. The number of nitrogens with two attached hydrogens (primary N) is 1. The Kier molecular flexibility index (Phi) is 4.33. The van der Waals surface area contributed by atoms with Gasteiger partial charge in [0, 0.05) is 5.56 Å². The van der Waals surface area contributed by atoms with Crippen molar-refractivity contribution in [1.29, 1.82) is 0 Å². The molecule has 0 radical (unpaired) electrons. The van der Waals surface area contributed by atoms with Crippen LogP contribution >= 0.6 is 0 Å². The highest BCUT2D eigenvalue weighted by Gasteiger charge is 2.16. The zero-order valence-electron chi connectivity index (χ0n) is 12.2. The molecular formula is C16H17NO4. The molecule has 0 aromatic heterocycles. The van der Waals surface area contributed by atoms with Crippen molar-refractivity contribution in [1.82, 2.24) is 0 Å². The molecule has 0 saturated heterocycles. The molecule has 5 heteroatoms. The van der Waals surface area contributed by atoms with Gasteiger partial charge in [-0.25, -0.2) is 0 Å². The third kappa shape index (κ3) is 2.91. The van der Waals surface area contributed by atoms with Gasteiger partial charge in [0.15, 0.2) is 5.78 Å². The Balaban J connectivity index is 2.46.